The summed E-state index contributed by atoms with van der Waals surface area (Å²) in [6.07, 6.45) is 1.57. The van der Waals surface area contributed by atoms with Crippen molar-refractivity contribution >= 4 is 16.6 Å². The molecule has 0 saturated heterocycles. The highest BCUT2D eigenvalue weighted by atomic mass is 16.3. The molecule has 124 valence electrons. The topological polar surface area (TPSA) is 48.0 Å². The van der Waals surface area contributed by atoms with Gasteiger partial charge in [-0.05, 0) is 61.0 Å². The van der Waals surface area contributed by atoms with E-state index in [4.69, 9.17) is 0 Å². The number of aryl methyl sites for hydroxylation is 1. The number of aliphatic hydroxyl groups excluding tert-OH is 1. The van der Waals surface area contributed by atoms with E-state index in [1.54, 1.807) is 0 Å². The first kappa shape index (κ1) is 15.3. The largest absolute Gasteiger partial charge is 0.390 e. The zero-order chi connectivity index (χ0) is 17.1. The second-order valence-corrected chi connectivity index (χ2v) is 7.59. The highest BCUT2D eigenvalue weighted by Crippen LogP contribution is 2.43. The minimum Gasteiger partial charge on any atom is -0.390 e. The van der Waals surface area contributed by atoms with Gasteiger partial charge in [-0.3, -0.25) is 0 Å². The summed E-state index contributed by atoms with van der Waals surface area (Å²) in [5.41, 5.74) is 6.82. The number of aromatic nitrogens is 1. The molecule has 1 aliphatic rings. The van der Waals surface area contributed by atoms with Crippen molar-refractivity contribution in [2.75, 3.05) is 5.32 Å². The van der Waals surface area contributed by atoms with E-state index < -0.39 is 6.10 Å². The standard InChI is InChI=1S/C21H24N2O/c1-12-10-15(16-7-5-6-14-8-9-22-19(14)16)11-17-13(2)20(24)21(3,4)23-18(12)17/h5-11,13,20,22-24H,1-4H3/t13-,20+/m1/s1. The Hall–Kier alpha value is -2.26. The lowest BCUT2D eigenvalue weighted by Gasteiger charge is -2.43. The number of fused-ring (bicyclic) bond motifs is 2. The maximum Gasteiger partial charge on any atom is 0.0830 e. The van der Waals surface area contributed by atoms with Gasteiger partial charge in [0.1, 0.15) is 0 Å². The van der Waals surface area contributed by atoms with Crippen LogP contribution in [0.4, 0.5) is 5.69 Å². The third-order valence-corrected chi connectivity index (χ3v) is 5.42. The Morgan fingerprint density at radius 3 is 2.71 bits per heavy atom. The van der Waals surface area contributed by atoms with E-state index >= 15 is 0 Å². The number of aliphatic hydroxyl groups is 1. The van der Waals surface area contributed by atoms with Crippen molar-refractivity contribution in [1.82, 2.24) is 4.98 Å². The number of anilines is 1. The number of rotatable bonds is 1. The second-order valence-electron chi connectivity index (χ2n) is 7.59. The Labute approximate surface area is 142 Å². The molecule has 2 atom stereocenters. The molecule has 0 radical (unpaired) electrons. The molecule has 3 N–H and O–H groups in total. The molecule has 4 rings (SSSR count). The van der Waals surface area contributed by atoms with Gasteiger partial charge in [0.05, 0.1) is 17.2 Å². The van der Waals surface area contributed by atoms with Crippen molar-refractivity contribution in [3.63, 3.8) is 0 Å². The number of aromatic amines is 1. The Morgan fingerprint density at radius 1 is 1.12 bits per heavy atom. The van der Waals surface area contributed by atoms with E-state index in [2.05, 4.69) is 74.4 Å². The predicted octanol–water partition coefficient (Wildman–Crippen LogP) is 4.81. The number of para-hydroxylation sites is 1. The summed E-state index contributed by atoms with van der Waals surface area (Å²) in [5.74, 6) is 0.0951. The highest BCUT2D eigenvalue weighted by molar-refractivity contribution is 5.94. The van der Waals surface area contributed by atoms with E-state index in [1.807, 2.05) is 6.20 Å². The molecule has 0 bridgehead atoms. The summed E-state index contributed by atoms with van der Waals surface area (Å²) in [4.78, 5) is 3.35. The van der Waals surface area contributed by atoms with Gasteiger partial charge in [-0.2, -0.15) is 0 Å². The van der Waals surface area contributed by atoms with Crippen LogP contribution in [0.5, 0.6) is 0 Å². The fraction of sp³-hybridized carbons (Fsp3) is 0.333. The number of hydrogen-bond donors (Lipinski definition) is 3. The number of H-pyrrole nitrogens is 1. The molecule has 1 aliphatic heterocycles. The zero-order valence-corrected chi connectivity index (χ0v) is 14.6. The summed E-state index contributed by atoms with van der Waals surface area (Å²) in [5, 5.41) is 15.4. The minimum atomic E-state index is -0.416. The van der Waals surface area contributed by atoms with Crippen molar-refractivity contribution in [2.24, 2.45) is 0 Å². The molecule has 3 heteroatoms. The molecule has 0 saturated carbocycles. The molecule has 0 amide bonds. The SMILES string of the molecule is Cc1cc(-c2cccc3cc[nH]c23)cc2c1NC(C)(C)[C@@H](O)[C@@H]2C. The van der Waals surface area contributed by atoms with Gasteiger partial charge in [0.2, 0.25) is 0 Å². The fourth-order valence-electron chi connectivity index (χ4n) is 4.02. The molecular formula is C21H24N2O. The maximum atomic E-state index is 10.7. The van der Waals surface area contributed by atoms with E-state index in [-0.39, 0.29) is 11.5 Å². The molecular weight excluding hydrogens is 296 g/mol. The Balaban J connectivity index is 1.92. The van der Waals surface area contributed by atoms with Gasteiger partial charge >= 0.3 is 0 Å². The summed E-state index contributed by atoms with van der Waals surface area (Å²) in [7, 11) is 0. The second kappa shape index (κ2) is 5.12. The lowest BCUT2D eigenvalue weighted by Crippen LogP contribution is -2.50. The number of benzene rings is 2. The summed E-state index contributed by atoms with van der Waals surface area (Å²) >= 11 is 0. The first-order valence-corrected chi connectivity index (χ1v) is 8.56. The van der Waals surface area contributed by atoms with Crippen LogP contribution in [0.15, 0.2) is 42.6 Å². The summed E-state index contributed by atoms with van der Waals surface area (Å²) in [6, 6.07) is 12.9. The normalized spacial score (nSPS) is 22.2. The van der Waals surface area contributed by atoms with Crippen molar-refractivity contribution < 1.29 is 5.11 Å². The van der Waals surface area contributed by atoms with Gasteiger partial charge in [-0.15, -0.1) is 0 Å². The van der Waals surface area contributed by atoms with Gasteiger partial charge in [0.25, 0.3) is 0 Å². The lowest BCUT2D eigenvalue weighted by atomic mass is 9.77. The smallest absolute Gasteiger partial charge is 0.0830 e. The monoisotopic (exact) mass is 320 g/mol. The van der Waals surface area contributed by atoms with Crippen LogP contribution < -0.4 is 5.32 Å². The van der Waals surface area contributed by atoms with Crippen LogP contribution in [0.1, 0.15) is 37.8 Å². The summed E-state index contributed by atoms with van der Waals surface area (Å²) in [6.45, 7) is 8.38. The molecule has 1 aromatic heterocycles. The third kappa shape index (κ3) is 2.15. The van der Waals surface area contributed by atoms with Crippen molar-refractivity contribution in [3.8, 4) is 11.1 Å². The van der Waals surface area contributed by atoms with Gasteiger partial charge in [-0.1, -0.05) is 25.1 Å². The molecule has 0 aliphatic carbocycles. The van der Waals surface area contributed by atoms with E-state index in [0.29, 0.717) is 0 Å². The summed E-state index contributed by atoms with van der Waals surface area (Å²) < 4.78 is 0. The van der Waals surface area contributed by atoms with Crippen LogP contribution in [0.3, 0.4) is 0 Å². The number of hydrogen-bond acceptors (Lipinski definition) is 2. The Morgan fingerprint density at radius 2 is 1.92 bits per heavy atom. The van der Waals surface area contributed by atoms with Crippen molar-refractivity contribution in [2.45, 2.75) is 45.3 Å². The molecule has 3 nitrogen and oxygen atoms in total. The zero-order valence-electron chi connectivity index (χ0n) is 14.6. The first-order chi connectivity index (χ1) is 11.4. The van der Waals surface area contributed by atoms with Gasteiger partial charge in [0, 0.05) is 23.4 Å². The highest BCUT2D eigenvalue weighted by Gasteiger charge is 2.39. The van der Waals surface area contributed by atoms with Gasteiger partial charge in [0.15, 0.2) is 0 Å². The van der Waals surface area contributed by atoms with Crippen LogP contribution in [0.25, 0.3) is 22.0 Å². The van der Waals surface area contributed by atoms with Crippen LogP contribution in [0.2, 0.25) is 0 Å². The van der Waals surface area contributed by atoms with Gasteiger partial charge < -0.3 is 15.4 Å². The quantitative estimate of drug-likeness (QED) is 0.602. The van der Waals surface area contributed by atoms with E-state index in [9.17, 15) is 5.11 Å². The maximum absolute atomic E-state index is 10.7. The Bertz CT molecular complexity index is 923. The molecule has 3 aromatic rings. The van der Waals surface area contributed by atoms with E-state index in [1.165, 1.54) is 33.3 Å². The molecule has 0 fully saturated rings. The molecule has 2 heterocycles. The molecule has 2 aromatic carbocycles. The number of nitrogens with one attached hydrogen (secondary N) is 2. The van der Waals surface area contributed by atoms with Crippen LogP contribution in [0, 0.1) is 6.92 Å². The van der Waals surface area contributed by atoms with Gasteiger partial charge in [-0.25, -0.2) is 0 Å². The Kier molecular flexibility index (Phi) is 3.26. The molecule has 0 unspecified atom stereocenters. The van der Waals surface area contributed by atoms with E-state index in [0.717, 1.165) is 5.52 Å². The van der Waals surface area contributed by atoms with Crippen LogP contribution >= 0.6 is 0 Å². The first-order valence-electron chi connectivity index (χ1n) is 8.56. The van der Waals surface area contributed by atoms with Crippen molar-refractivity contribution in [3.05, 3.63) is 53.7 Å². The third-order valence-electron chi connectivity index (χ3n) is 5.42. The lowest BCUT2D eigenvalue weighted by molar-refractivity contribution is 0.0869. The average molecular weight is 320 g/mol. The van der Waals surface area contributed by atoms with Crippen LogP contribution in [-0.4, -0.2) is 21.7 Å². The molecule has 24 heavy (non-hydrogen) atoms. The fourth-order valence-corrected chi connectivity index (χ4v) is 4.02. The minimum absolute atomic E-state index is 0.0951. The molecule has 0 spiro atoms. The van der Waals surface area contributed by atoms with Crippen molar-refractivity contribution in [1.29, 1.82) is 0 Å². The van der Waals surface area contributed by atoms with Crippen LogP contribution in [-0.2, 0) is 0 Å². The average Bonchev–Trinajstić information content (AvgIpc) is 3.02. The predicted molar refractivity (Wildman–Crippen MR) is 101 cm³/mol.